The predicted octanol–water partition coefficient (Wildman–Crippen LogP) is 3.70. The molecule has 9 nitrogen and oxygen atoms in total. The van der Waals surface area contributed by atoms with Crippen molar-refractivity contribution in [1.82, 2.24) is 5.32 Å². The summed E-state index contributed by atoms with van der Waals surface area (Å²) < 4.78 is 29.2. The van der Waals surface area contributed by atoms with Gasteiger partial charge in [-0.3, -0.25) is 4.79 Å². The van der Waals surface area contributed by atoms with Gasteiger partial charge >= 0.3 is 5.97 Å². The minimum atomic E-state index is -1.34. The first kappa shape index (κ1) is 30.9. The summed E-state index contributed by atoms with van der Waals surface area (Å²) in [6, 6.07) is 27.8. The molecule has 0 bridgehead atoms. The Morgan fingerprint density at radius 1 is 0.857 bits per heavy atom. The Hall–Kier alpha value is -4.02. The van der Waals surface area contributed by atoms with Gasteiger partial charge in [-0.25, -0.2) is 4.79 Å². The van der Waals surface area contributed by atoms with E-state index in [-0.39, 0.29) is 31.5 Å². The van der Waals surface area contributed by atoms with Crippen molar-refractivity contribution in [2.45, 2.75) is 57.2 Å². The molecule has 0 saturated heterocycles. The molecular weight excluding hydrogens is 538 g/mol. The van der Waals surface area contributed by atoms with Gasteiger partial charge in [0.05, 0.1) is 39.6 Å². The first-order valence-electron chi connectivity index (χ1n) is 13.8. The molecule has 2 N–H and O–H groups in total. The smallest absolute Gasteiger partial charge is 0.373 e. The van der Waals surface area contributed by atoms with E-state index >= 15 is 0 Å². The van der Waals surface area contributed by atoms with Crippen LogP contribution in [0.1, 0.15) is 23.6 Å². The molecule has 1 aliphatic heterocycles. The molecule has 222 valence electrons. The molecule has 1 aliphatic rings. The van der Waals surface area contributed by atoms with Gasteiger partial charge in [0, 0.05) is 6.92 Å². The topological polar surface area (TPSA) is 113 Å². The van der Waals surface area contributed by atoms with Gasteiger partial charge in [0.15, 0.2) is 6.10 Å². The number of amides is 1. The second-order valence-electron chi connectivity index (χ2n) is 9.92. The normalized spacial score (nSPS) is 19.6. The largest absolute Gasteiger partial charge is 0.478 e. The van der Waals surface area contributed by atoms with Gasteiger partial charge in [-0.2, -0.15) is 0 Å². The highest BCUT2D eigenvalue weighted by Crippen LogP contribution is 2.27. The summed E-state index contributed by atoms with van der Waals surface area (Å²) in [4.78, 5) is 24.9. The monoisotopic (exact) mass is 575 g/mol. The molecule has 0 saturated carbocycles. The molecule has 0 unspecified atom stereocenters. The first-order chi connectivity index (χ1) is 20.4. The maximum Gasteiger partial charge on any atom is 0.373 e. The molecule has 0 aliphatic carbocycles. The average molecular weight is 576 g/mol. The summed E-state index contributed by atoms with van der Waals surface area (Å²) in [7, 11) is 1.24. The highest BCUT2D eigenvalue weighted by Gasteiger charge is 2.45. The van der Waals surface area contributed by atoms with Crippen LogP contribution in [0.15, 0.2) is 103 Å². The van der Waals surface area contributed by atoms with E-state index in [0.717, 1.165) is 16.7 Å². The number of ether oxygens (including phenoxy) is 5. The molecule has 1 heterocycles. The molecule has 1 amide bonds. The lowest BCUT2D eigenvalue weighted by Crippen LogP contribution is -2.60. The van der Waals surface area contributed by atoms with Crippen molar-refractivity contribution in [3.8, 4) is 0 Å². The SMILES string of the molecule is COC(=O)C1=C[C@@H](OCc2ccccc2)[C@@H](NC(C)=O)[C@H]([C@H](O)[C@@H](COCc2ccccc2)OCc2ccccc2)O1. The number of nitrogens with one attached hydrogen (secondary N) is 1. The summed E-state index contributed by atoms with van der Waals surface area (Å²) >= 11 is 0. The van der Waals surface area contributed by atoms with Crippen molar-refractivity contribution in [2.75, 3.05) is 13.7 Å². The zero-order chi connectivity index (χ0) is 29.7. The summed E-state index contributed by atoms with van der Waals surface area (Å²) in [6.07, 6.45) is -2.71. The standard InChI is InChI=1S/C33H37NO8/c1-23(35)34-30-27(40-20-25-14-8-4-9-15-25)18-28(33(37)38-2)42-32(30)31(36)29(41-21-26-16-10-5-11-17-26)22-39-19-24-12-6-3-7-13-24/h3-18,27,29-32,36H,19-22H2,1-2H3,(H,34,35)/t27-,29-,30-,31-,32-/m1/s1. The van der Waals surface area contributed by atoms with E-state index in [9.17, 15) is 14.7 Å². The molecule has 0 spiro atoms. The van der Waals surface area contributed by atoms with Crippen LogP contribution in [-0.4, -0.2) is 61.2 Å². The van der Waals surface area contributed by atoms with Crippen molar-refractivity contribution in [2.24, 2.45) is 0 Å². The lowest BCUT2D eigenvalue weighted by Gasteiger charge is -2.40. The third kappa shape index (κ3) is 8.99. The number of hydrogen-bond acceptors (Lipinski definition) is 8. The lowest BCUT2D eigenvalue weighted by molar-refractivity contribution is -0.164. The van der Waals surface area contributed by atoms with E-state index in [0.29, 0.717) is 6.61 Å². The summed E-state index contributed by atoms with van der Waals surface area (Å²) in [6.45, 7) is 2.08. The van der Waals surface area contributed by atoms with Crippen molar-refractivity contribution >= 4 is 11.9 Å². The molecule has 3 aromatic carbocycles. The number of esters is 1. The van der Waals surface area contributed by atoms with Crippen molar-refractivity contribution in [3.05, 3.63) is 120 Å². The predicted molar refractivity (Wildman–Crippen MR) is 155 cm³/mol. The van der Waals surface area contributed by atoms with E-state index in [1.54, 1.807) is 0 Å². The zero-order valence-electron chi connectivity index (χ0n) is 23.8. The Morgan fingerprint density at radius 2 is 1.40 bits per heavy atom. The fourth-order valence-electron chi connectivity index (χ4n) is 4.62. The maximum absolute atomic E-state index is 12.6. The van der Waals surface area contributed by atoms with Crippen LogP contribution in [-0.2, 0) is 53.1 Å². The maximum atomic E-state index is 12.6. The Bertz CT molecular complexity index is 1290. The quantitative estimate of drug-likeness (QED) is 0.280. The van der Waals surface area contributed by atoms with Gasteiger partial charge in [0.2, 0.25) is 11.7 Å². The minimum Gasteiger partial charge on any atom is -0.478 e. The fraction of sp³-hybridized carbons (Fsp3) is 0.333. The Kier molecular flexibility index (Phi) is 11.7. The zero-order valence-corrected chi connectivity index (χ0v) is 23.8. The van der Waals surface area contributed by atoms with Crippen molar-refractivity contribution in [3.63, 3.8) is 0 Å². The molecular formula is C33H37NO8. The molecule has 0 fully saturated rings. The van der Waals surface area contributed by atoms with Crippen molar-refractivity contribution < 1.29 is 38.4 Å². The molecule has 42 heavy (non-hydrogen) atoms. The van der Waals surface area contributed by atoms with E-state index in [4.69, 9.17) is 23.7 Å². The second-order valence-corrected chi connectivity index (χ2v) is 9.92. The van der Waals surface area contributed by atoms with Crippen LogP contribution in [0.4, 0.5) is 0 Å². The van der Waals surface area contributed by atoms with Crippen LogP contribution < -0.4 is 5.32 Å². The molecule has 3 aromatic rings. The van der Waals surface area contributed by atoms with Gasteiger partial charge in [-0.1, -0.05) is 91.0 Å². The molecule has 5 atom stereocenters. The van der Waals surface area contributed by atoms with Crippen LogP contribution >= 0.6 is 0 Å². The Labute approximate surface area is 246 Å². The number of hydrogen-bond donors (Lipinski definition) is 2. The summed E-state index contributed by atoms with van der Waals surface area (Å²) in [5.74, 6) is -1.22. The van der Waals surface area contributed by atoms with E-state index in [1.165, 1.54) is 20.1 Å². The third-order valence-corrected chi connectivity index (χ3v) is 6.75. The number of aliphatic hydroxyl groups is 1. The van der Waals surface area contributed by atoms with Gasteiger partial charge in [0.25, 0.3) is 0 Å². The number of carbonyl (C=O) groups excluding carboxylic acids is 2. The minimum absolute atomic E-state index is 0.0162. The van der Waals surface area contributed by atoms with Gasteiger partial charge in [0.1, 0.15) is 18.3 Å². The van der Waals surface area contributed by atoms with Gasteiger partial charge < -0.3 is 34.1 Å². The van der Waals surface area contributed by atoms with Crippen LogP contribution in [0.3, 0.4) is 0 Å². The number of methoxy groups -OCH3 is 1. The summed E-state index contributed by atoms with van der Waals surface area (Å²) in [5.41, 5.74) is 2.76. The molecule has 0 radical (unpaired) electrons. The summed E-state index contributed by atoms with van der Waals surface area (Å²) in [5, 5.41) is 14.6. The number of aliphatic hydroxyl groups excluding tert-OH is 1. The van der Waals surface area contributed by atoms with Gasteiger partial charge in [-0.05, 0) is 22.8 Å². The number of carbonyl (C=O) groups is 2. The highest BCUT2D eigenvalue weighted by molar-refractivity contribution is 5.86. The van der Waals surface area contributed by atoms with Crippen molar-refractivity contribution in [1.29, 1.82) is 0 Å². The van der Waals surface area contributed by atoms with Crippen LogP contribution in [0.5, 0.6) is 0 Å². The van der Waals surface area contributed by atoms with E-state index in [1.807, 2.05) is 91.0 Å². The third-order valence-electron chi connectivity index (χ3n) is 6.75. The Morgan fingerprint density at radius 3 is 1.95 bits per heavy atom. The Balaban J connectivity index is 1.58. The average Bonchev–Trinajstić information content (AvgIpc) is 3.02. The van der Waals surface area contributed by atoms with E-state index in [2.05, 4.69) is 5.32 Å². The molecule has 0 aromatic heterocycles. The highest BCUT2D eigenvalue weighted by atomic mass is 16.6. The molecule has 9 heteroatoms. The lowest BCUT2D eigenvalue weighted by atomic mass is 9.93. The number of benzene rings is 3. The van der Waals surface area contributed by atoms with E-state index < -0.39 is 36.4 Å². The van der Waals surface area contributed by atoms with Crippen LogP contribution in [0.25, 0.3) is 0 Å². The first-order valence-corrected chi connectivity index (χ1v) is 13.8. The number of rotatable bonds is 14. The van der Waals surface area contributed by atoms with Crippen LogP contribution in [0.2, 0.25) is 0 Å². The molecule has 4 rings (SSSR count). The van der Waals surface area contributed by atoms with Crippen LogP contribution in [0, 0.1) is 0 Å². The second kappa shape index (κ2) is 15.8. The fourth-order valence-corrected chi connectivity index (χ4v) is 4.62. The van der Waals surface area contributed by atoms with Gasteiger partial charge in [-0.15, -0.1) is 0 Å².